The van der Waals surface area contributed by atoms with E-state index in [1.165, 1.54) is 44.9 Å². The molecule has 0 bridgehead atoms. The van der Waals surface area contributed by atoms with E-state index in [4.69, 9.17) is 4.74 Å². The molecule has 1 N–H and O–H groups in total. The summed E-state index contributed by atoms with van der Waals surface area (Å²) in [7, 11) is 0. The van der Waals surface area contributed by atoms with Crippen LogP contribution in [0.15, 0.2) is 12.3 Å². The molecule has 0 unspecified atom stereocenters. The second-order valence-corrected chi connectivity index (χ2v) is 6.48. The maximum absolute atomic E-state index is 11.4. The maximum atomic E-state index is 11.4. The molecule has 1 fully saturated rings. The molecule has 0 atom stereocenters. The molecule has 1 rings (SSSR count). The summed E-state index contributed by atoms with van der Waals surface area (Å²) < 4.78 is 5.14. The van der Waals surface area contributed by atoms with E-state index in [2.05, 4.69) is 5.32 Å². The highest BCUT2D eigenvalue weighted by Gasteiger charge is 2.15. The fourth-order valence-corrected chi connectivity index (χ4v) is 2.52. The first kappa shape index (κ1) is 16.1. The van der Waals surface area contributed by atoms with E-state index in [0.717, 1.165) is 12.3 Å². The van der Waals surface area contributed by atoms with Crippen LogP contribution in [0.4, 0.5) is 4.79 Å². The first-order valence-electron chi connectivity index (χ1n) is 7.62. The number of amides is 1. The third-order valence-corrected chi connectivity index (χ3v) is 3.43. The number of carbonyl (C=O) groups is 1. The minimum Gasteiger partial charge on any atom is -0.444 e. The quantitative estimate of drug-likeness (QED) is 0.728. The van der Waals surface area contributed by atoms with Gasteiger partial charge in [0.2, 0.25) is 0 Å². The number of alkyl carbamates (subject to hydrolysis) is 1. The van der Waals surface area contributed by atoms with Gasteiger partial charge in [-0.3, -0.25) is 5.32 Å². The summed E-state index contributed by atoms with van der Waals surface area (Å²) in [6.07, 6.45) is 14.0. The molecule has 0 heterocycles. The molecule has 1 aliphatic carbocycles. The SMILES string of the molecule is CC(C)(C)OC(=O)NC=CCCCC1CCCCC1. The molecule has 0 aromatic rings. The number of carbonyl (C=O) groups excluding carboxylic acids is 1. The average Bonchev–Trinajstić information content (AvgIpc) is 2.32. The Kier molecular flexibility index (Phi) is 6.96. The van der Waals surface area contributed by atoms with Crippen molar-refractivity contribution in [1.29, 1.82) is 0 Å². The van der Waals surface area contributed by atoms with Crippen LogP contribution in [0, 0.1) is 5.92 Å². The van der Waals surface area contributed by atoms with Gasteiger partial charge in [-0.05, 0) is 39.5 Å². The fourth-order valence-electron chi connectivity index (χ4n) is 2.52. The molecule has 110 valence electrons. The number of hydrogen-bond acceptors (Lipinski definition) is 2. The Labute approximate surface area is 117 Å². The molecule has 1 amide bonds. The number of rotatable bonds is 5. The second-order valence-electron chi connectivity index (χ2n) is 6.48. The smallest absolute Gasteiger partial charge is 0.411 e. The number of allylic oxidation sites excluding steroid dienone is 1. The number of unbranched alkanes of at least 4 members (excludes halogenated alkanes) is 1. The van der Waals surface area contributed by atoms with Crippen molar-refractivity contribution < 1.29 is 9.53 Å². The van der Waals surface area contributed by atoms with Crippen molar-refractivity contribution in [1.82, 2.24) is 5.32 Å². The minimum absolute atomic E-state index is 0.379. The molecule has 1 saturated carbocycles. The minimum atomic E-state index is -0.432. The van der Waals surface area contributed by atoms with Crippen LogP contribution in [0.1, 0.15) is 72.1 Å². The second kappa shape index (κ2) is 8.23. The third kappa shape index (κ3) is 8.68. The van der Waals surface area contributed by atoms with Gasteiger partial charge in [-0.25, -0.2) is 4.79 Å². The van der Waals surface area contributed by atoms with Crippen LogP contribution in [0.5, 0.6) is 0 Å². The van der Waals surface area contributed by atoms with Gasteiger partial charge in [0.15, 0.2) is 0 Å². The summed E-state index contributed by atoms with van der Waals surface area (Å²) in [5.74, 6) is 0.945. The zero-order valence-electron chi connectivity index (χ0n) is 12.7. The van der Waals surface area contributed by atoms with Crippen LogP contribution in [0.25, 0.3) is 0 Å². The molecule has 3 heteroatoms. The molecule has 1 aliphatic rings. The van der Waals surface area contributed by atoms with Gasteiger partial charge in [-0.1, -0.05) is 44.6 Å². The molecule has 19 heavy (non-hydrogen) atoms. The lowest BCUT2D eigenvalue weighted by atomic mass is 9.86. The first-order chi connectivity index (χ1) is 8.97. The Bertz CT molecular complexity index is 286. The van der Waals surface area contributed by atoms with Crippen molar-refractivity contribution in [3.05, 3.63) is 12.3 Å². The van der Waals surface area contributed by atoms with Crippen molar-refractivity contribution in [2.75, 3.05) is 0 Å². The average molecular weight is 267 g/mol. The van der Waals surface area contributed by atoms with Crippen LogP contribution in [-0.4, -0.2) is 11.7 Å². The van der Waals surface area contributed by atoms with Gasteiger partial charge < -0.3 is 4.74 Å². The van der Waals surface area contributed by atoms with E-state index in [1.807, 2.05) is 26.8 Å². The highest BCUT2D eigenvalue weighted by Crippen LogP contribution is 2.27. The molecular formula is C16H29NO2. The van der Waals surface area contributed by atoms with E-state index in [-0.39, 0.29) is 6.09 Å². The van der Waals surface area contributed by atoms with Crippen LogP contribution in [0.3, 0.4) is 0 Å². The number of ether oxygens (including phenoxy) is 1. The molecule has 0 aliphatic heterocycles. The molecule has 0 aromatic carbocycles. The standard InChI is InChI=1S/C16H29NO2/c1-16(2,3)19-15(18)17-13-9-5-8-12-14-10-6-4-7-11-14/h9,13-14H,4-8,10-12H2,1-3H3,(H,17,18). The normalized spacial score (nSPS) is 17.6. The topological polar surface area (TPSA) is 38.3 Å². The van der Waals surface area contributed by atoms with Gasteiger partial charge in [0.1, 0.15) is 5.60 Å². The van der Waals surface area contributed by atoms with Gasteiger partial charge >= 0.3 is 6.09 Å². The Morgan fingerprint density at radius 2 is 1.95 bits per heavy atom. The Morgan fingerprint density at radius 1 is 1.26 bits per heavy atom. The monoisotopic (exact) mass is 267 g/mol. The van der Waals surface area contributed by atoms with Crippen LogP contribution in [0.2, 0.25) is 0 Å². The van der Waals surface area contributed by atoms with Crippen molar-refractivity contribution in [2.45, 2.75) is 77.7 Å². The zero-order valence-corrected chi connectivity index (χ0v) is 12.7. The molecule has 0 saturated heterocycles. The van der Waals surface area contributed by atoms with Crippen LogP contribution < -0.4 is 5.32 Å². The highest BCUT2D eigenvalue weighted by molar-refractivity contribution is 5.68. The fraction of sp³-hybridized carbons (Fsp3) is 0.812. The van der Waals surface area contributed by atoms with E-state index < -0.39 is 5.60 Å². The zero-order chi connectivity index (χ0) is 14.1. The third-order valence-electron chi connectivity index (χ3n) is 3.43. The molecular weight excluding hydrogens is 238 g/mol. The lowest BCUT2D eigenvalue weighted by Gasteiger charge is -2.20. The summed E-state index contributed by atoms with van der Waals surface area (Å²) >= 11 is 0. The Morgan fingerprint density at radius 3 is 2.58 bits per heavy atom. The molecule has 0 radical (unpaired) electrons. The molecule has 3 nitrogen and oxygen atoms in total. The van der Waals surface area contributed by atoms with E-state index in [1.54, 1.807) is 6.20 Å². The van der Waals surface area contributed by atoms with Crippen LogP contribution >= 0.6 is 0 Å². The first-order valence-corrected chi connectivity index (χ1v) is 7.62. The Balaban J connectivity index is 2.02. The Hall–Kier alpha value is -0.990. The molecule has 0 spiro atoms. The van der Waals surface area contributed by atoms with E-state index in [9.17, 15) is 4.79 Å². The summed E-state index contributed by atoms with van der Waals surface area (Å²) in [6, 6.07) is 0. The van der Waals surface area contributed by atoms with Crippen molar-refractivity contribution in [3.63, 3.8) is 0 Å². The summed E-state index contributed by atoms with van der Waals surface area (Å²) in [6.45, 7) is 5.58. The van der Waals surface area contributed by atoms with E-state index in [0.29, 0.717) is 0 Å². The van der Waals surface area contributed by atoms with Gasteiger partial charge in [-0.2, -0.15) is 0 Å². The maximum Gasteiger partial charge on any atom is 0.411 e. The van der Waals surface area contributed by atoms with Crippen molar-refractivity contribution in [3.8, 4) is 0 Å². The predicted molar refractivity (Wildman–Crippen MR) is 78.9 cm³/mol. The van der Waals surface area contributed by atoms with Crippen molar-refractivity contribution >= 4 is 6.09 Å². The summed E-state index contributed by atoms with van der Waals surface area (Å²) in [5.41, 5.74) is -0.432. The lowest BCUT2D eigenvalue weighted by Crippen LogP contribution is -2.29. The lowest BCUT2D eigenvalue weighted by molar-refractivity contribution is 0.0552. The largest absolute Gasteiger partial charge is 0.444 e. The van der Waals surface area contributed by atoms with Gasteiger partial charge in [-0.15, -0.1) is 0 Å². The highest BCUT2D eigenvalue weighted by atomic mass is 16.6. The van der Waals surface area contributed by atoms with Crippen LogP contribution in [-0.2, 0) is 4.74 Å². The van der Waals surface area contributed by atoms with E-state index >= 15 is 0 Å². The van der Waals surface area contributed by atoms with Gasteiger partial charge in [0.25, 0.3) is 0 Å². The van der Waals surface area contributed by atoms with Gasteiger partial charge in [0.05, 0.1) is 0 Å². The summed E-state index contributed by atoms with van der Waals surface area (Å²) in [5, 5.41) is 2.64. The summed E-state index contributed by atoms with van der Waals surface area (Å²) in [4.78, 5) is 11.4. The van der Waals surface area contributed by atoms with Crippen molar-refractivity contribution in [2.24, 2.45) is 5.92 Å². The van der Waals surface area contributed by atoms with Gasteiger partial charge in [0, 0.05) is 6.20 Å². The number of nitrogens with one attached hydrogen (secondary N) is 1. The predicted octanol–water partition coefficient (Wildman–Crippen LogP) is 4.78. The number of hydrogen-bond donors (Lipinski definition) is 1. The molecule has 0 aromatic heterocycles.